The van der Waals surface area contributed by atoms with E-state index in [4.69, 9.17) is 10.5 Å². The summed E-state index contributed by atoms with van der Waals surface area (Å²) in [6.07, 6.45) is 0. The summed E-state index contributed by atoms with van der Waals surface area (Å²) in [6, 6.07) is 3.79. The van der Waals surface area contributed by atoms with Crippen LogP contribution in [-0.2, 0) is 4.74 Å². The smallest absolute Gasteiger partial charge is 0.342 e. The molecule has 0 spiro atoms. The molecule has 0 bridgehead atoms. The lowest BCUT2D eigenvalue weighted by molar-refractivity contribution is 0.00722. The summed E-state index contributed by atoms with van der Waals surface area (Å²) in [5.74, 6) is -2.65. The van der Waals surface area contributed by atoms with E-state index in [9.17, 15) is 13.6 Å². The zero-order valence-electron chi connectivity index (χ0n) is 11.9. The number of nitrogens with two attached hydrogens (primary N) is 1. The van der Waals surface area contributed by atoms with Crippen molar-refractivity contribution in [1.29, 1.82) is 0 Å². The Labute approximate surface area is 125 Å². The van der Waals surface area contributed by atoms with Crippen molar-refractivity contribution in [3.8, 4) is 11.1 Å². The number of ether oxygens (including phenoxy) is 1. The van der Waals surface area contributed by atoms with E-state index in [0.29, 0.717) is 0 Å². The molecule has 0 saturated heterocycles. The van der Waals surface area contributed by atoms with Crippen LogP contribution in [0.15, 0.2) is 23.6 Å². The molecule has 21 heavy (non-hydrogen) atoms. The number of benzene rings is 1. The quantitative estimate of drug-likeness (QED) is 0.844. The molecule has 2 rings (SSSR count). The van der Waals surface area contributed by atoms with Crippen molar-refractivity contribution in [3.63, 3.8) is 0 Å². The lowest BCUT2D eigenvalue weighted by Crippen LogP contribution is -2.24. The first kappa shape index (κ1) is 15.4. The van der Waals surface area contributed by atoms with Gasteiger partial charge in [-0.3, -0.25) is 0 Å². The van der Waals surface area contributed by atoms with E-state index in [2.05, 4.69) is 0 Å². The molecule has 3 nitrogen and oxygen atoms in total. The number of hydrogen-bond donors (Lipinski definition) is 1. The van der Waals surface area contributed by atoms with Crippen molar-refractivity contribution in [2.75, 3.05) is 5.73 Å². The van der Waals surface area contributed by atoms with Crippen molar-refractivity contribution in [3.05, 3.63) is 40.8 Å². The topological polar surface area (TPSA) is 52.3 Å². The van der Waals surface area contributed by atoms with E-state index in [1.54, 1.807) is 20.8 Å². The first-order valence-corrected chi connectivity index (χ1v) is 7.13. The number of esters is 1. The van der Waals surface area contributed by atoms with E-state index in [-0.39, 0.29) is 21.7 Å². The van der Waals surface area contributed by atoms with E-state index in [0.717, 1.165) is 17.4 Å². The van der Waals surface area contributed by atoms with Gasteiger partial charge in [-0.25, -0.2) is 13.6 Å². The molecule has 0 atom stereocenters. The molecule has 2 aromatic rings. The third-order valence-corrected chi connectivity index (χ3v) is 3.48. The highest BCUT2D eigenvalue weighted by Gasteiger charge is 2.26. The Morgan fingerprint density at radius 1 is 1.24 bits per heavy atom. The Balaban J connectivity index is 2.53. The molecule has 2 N–H and O–H groups in total. The highest BCUT2D eigenvalue weighted by Crippen LogP contribution is 2.36. The average Bonchev–Trinajstić information content (AvgIpc) is 2.72. The fraction of sp³-hybridized carbons (Fsp3) is 0.267. The second-order valence-corrected chi connectivity index (χ2v) is 6.40. The third kappa shape index (κ3) is 3.21. The molecular weight excluding hydrogens is 296 g/mol. The number of hydrogen-bond acceptors (Lipinski definition) is 4. The minimum atomic E-state index is -1.01. The van der Waals surface area contributed by atoms with Gasteiger partial charge in [0.2, 0.25) is 0 Å². The Bertz CT molecular complexity index is 689. The van der Waals surface area contributed by atoms with Gasteiger partial charge in [0, 0.05) is 16.5 Å². The van der Waals surface area contributed by atoms with Gasteiger partial charge in [0.05, 0.1) is 0 Å². The maximum atomic E-state index is 13.9. The van der Waals surface area contributed by atoms with Gasteiger partial charge in [0.15, 0.2) is 11.6 Å². The summed E-state index contributed by atoms with van der Waals surface area (Å²) in [6.45, 7) is 5.15. The van der Waals surface area contributed by atoms with Gasteiger partial charge >= 0.3 is 5.97 Å². The predicted molar refractivity (Wildman–Crippen MR) is 79.3 cm³/mol. The summed E-state index contributed by atoms with van der Waals surface area (Å²) in [4.78, 5) is 12.2. The van der Waals surface area contributed by atoms with E-state index < -0.39 is 23.2 Å². The van der Waals surface area contributed by atoms with Crippen LogP contribution in [0.25, 0.3) is 11.1 Å². The monoisotopic (exact) mass is 311 g/mol. The van der Waals surface area contributed by atoms with Crippen molar-refractivity contribution in [2.24, 2.45) is 0 Å². The van der Waals surface area contributed by atoms with Crippen LogP contribution in [-0.4, -0.2) is 11.6 Å². The molecule has 0 radical (unpaired) electrons. The van der Waals surface area contributed by atoms with Crippen LogP contribution < -0.4 is 5.73 Å². The minimum Gasteiger partial charge on any atom is -0.456 e. The molecule has 6 heteroatoms. The first-order chi connectivity index (χ1) is 9.70. The molecule has 1 heterocycles. The lowest BCUT2D eigenvalue weighted by Gasteiger charge is -2.20. The first-order valence-electron chi connectivity index (χ1n) is 6.25. The lowest BCUT2D eigenvalue weighted by atomic mass is 10.0. The van der Waals surface area contributed by atoms with Crippen molar-refractivity contribution in [1.82, 2.24) is 0 Å². The highest BCUT2D eigenvalue weighted by atomic mass is 32.1. The molecule has 0 saturated carbocycles. The molecule has 1 aromatic heterocycles. The van der Waals surface area contributed by atoms with E-state index >= 15 is 0 Å². The van der Waals surface area contributed by atoms with Crippen molar-refractivity contribution < 1.29 is 18.3 Å². The summed E-state index contributed by atoms with van der Waals surface area (Å²) in [5, 5.41) is 1.73. The molecule has 1 aromatic carbocycles. The van der Waals surface area contributed by atoms with Crippen LogP contribution in [0.5, 0.6) is 0 Å². The number of rotatable bonds is 2. The molecular formula is C15H15F2NO2S. The van der Waals surface area contributed by atoms with Crippen LogP contribution in [0.3, 0.4) is 0 Å². The van der Waals surface area contributed by atoms with Gasteiger partial charge in [-0.1, -0.05) is 12.1 Å². The Hall–Kier alpha value is -1.95. The number of nitrogen functional groups attached to an aromatic ring is 1. The number of carbonyl (C=O) groups is 1. The van der Waals surface area contributed by atoms with Gasteiger partial charge in [-0.2, -0.15) is 0 Å². The number of halogens is 2. The SMILES string of the molecule is CC(C)(C)OC(=O)c1c(-c2cccc(F)c2F)csc1N. The van der Waals surface area contributed by atoms with Crippen LogP contribution in [0, 0.1) is 11.6 Å². The molecule has 0 aliphatic carbocycles. The fourth-order valence-corrected chi connectivity index (χ4v) is 2.62. The van der Waals surface area contributed by atoms with Gasteiger partial charge in [0.25, 0.3) is 0 Å². The predicted octanol–water partition coefficient (Wildman–Crippen LogP) is 4.23. The summed E-state index contributed by atoms with van der Waals surface area (Å²) >= 11 is 1.08. The Kier molecular flexibility index (Phi) is 4.00. The van der Waals surface area contributed by atoms with Crippen LogP contribution in [0.2, 0.25) is 0 Å². The maximum Gasteiger partial charge on any atom is 0.342 e. The van der Waals surface area contributed by atoms with Gasteiger partial charge < -0.3 is 10.5 Å². The number of carbonyl (C=O) groups excluding carboxylic acids is 1. The molecule has 0 aliphatic heterocycles. The molecule has 0 aliphatic rings. The Morgan fingerprint density at radius 3 is 2.52 bits per heavy atom. The van der Waals surface area contributed by atoms with Gasteiger partial charge in [-0.15, -0.1) is 11.3 Å². The zero-order chi connectivity index (χ0) is 15.8. The standard InChI is InChI=1S/C15H15F2NO2S/c1-15(2,3)20-14(19)11-9(7-21-13(11)18)8-5-4-6-10(16)12(8)17/h4-7H,18H2,1-3H3. The second-order valence-electron chi connectivity index (χ2n) is 5.49. The van der Waals surface area contributed by atoms with Crippen LogP contribution in [0.4, 0.5) is 13.8 Å². The minimum absolute atomic E-state index is 0.0104. The molecule has 0 amide bonds. The highest BCUT2D eigenvalue weighted by molar-refractivity contribution is 7.14. The Morgan fingerprint density at radius 2 is 1.90 bits per heavy atom. The van der Waals surface area contributed by atoms with Gasteiger partial charge in [-0.05, 0) is 26.8 Å². The summed E-state index contributed by atoms with van der Waals surface area (Å²) < 4.78 is 32.5. The largest absolute Gasteiger partial charge is 0.456 e. The average molecular weight is 311 g/mol. The normalized spacial score (nSPS) is 11.5. The van der Waals surface area contributed by atoms with E-state index in [1.165, 1.54) is 17.5 Å². The zero-order valence-corrected chi connectivity index (χ0v) is 12.7. The molecule has 112 valence electrons. The molecule has 0 fully saturated rings. The van der Waals surface area contributed by atoms with Crippen LogP contribution in [0.1, 0.15) is 31.1 Å². The summed E-state index contributed by atoms with van der Waals surface area (Å²) in [7, 11) is 0. The fourth-order valence-electron chi connectivity index (χ4n) is 1.82. The maximum absolute atomic E-state index is 13.9. The van der Waals surface area contributed by atoms with Crippen molar-refractivity contribution >= 4 is 22.3 Å². The summed E-state index contributed by atoms with van der Waals surface area (Å²) in [5.41, 5.74) is 5.38. The van der Waals surface area contributed by atoms with E-state index in [1.807, 2.05) is 0 Å². The van der Waals surface area contributed by atoms with Crippen molar-refractivity contribution in [2.45, 2.75) is 26.4 Å². The molecule has 0 unspecified atom stereocenters. The van der Waals surface area contributed by atoms with Crippen LogP contribution >= 0.6 is 11.3 Å². The number of anilines is 1. The van der Waals surface area contributed by atoms with Gasteiger partial charge in [0.1, 0.15) is 16.2 Å². The third-order valence-electron chi connectivity index (χ3n) is 2.66. The number of thiophene rings is 1. The second kappa shape index (κ2) is 5.44.